The molecule has 4 aromatic carbocycles. The van der Waals surface area contributed by atoms with E-state index in [1.54, 1.807) is 112 Å². The molecule has 4 aromatic rings. The fraction of sp³-hybridized carbons (Fsp3) is 0.508. The Morgan fingerprint density at radius 3 is 1.33 bits per heavy atom. The molecule has 0 radical (unpaired) electrons. The molecule has 4 fully saturated rings. The van der Waals surface area contributed by atoms with E-state index in [1.165, 1.54) is 7.40 Å². The van der Waals surface area contributed by atoms with Crippen molar-refractivity contribution in [2.45, 2.75) is 170 Å². The third-order valence-electron chi connectivity index (χ3n) is 14.1. The van der Waals surface area contributed by atoms with Crippen LogP contribution in [0.4, 0.5) is 9.59 Å². The van der Waals surface area contributed by atoms with E-state index in [4.69, 9.17) is 60.1 Å². The molecular formula is C61H86Cl3N5O12. The van der Waals surface area contributed by atoms with Crippen LogP contribution >= 0.6 is 35.6 Å². The summed E-state index contributed by atoms with van der Waals surface area (Å²) in [6.07, 6.45) is 6.99. The van der Waals surface area contributed by atoms with Crippen molar-refractivity contribution < 1.29 is 59.9 Å². The average molecular weight is 1190 g/mol. The summed E-state index contributed by atoms with van der Waals surface area (Å²) >= 11 is 11.7. The molecule has 448 valence electrons. The number of halogens is 3. The van der Waals surface area contributed by atoms with Gasteiger partial charge in [-0.25, -0.2) is 19.2 Å². The zero-order valence-corrected chi connectivity index (χ0v) is 48.5. The minimum Gasteiger partial charge on any atom is -0.476 e. The molecule has 8 rings (SSSR count). The van der Waals surface area contributed by atoms with Gasteiger partial charge in [0.15, 0.2) is 11.2 Å². The summed E-state index contributed by atoms with van der Waals surface area (Å²) in [7, 11) is 1.25. The molecule has 4 bridgehead atoms. The molecule has 81 heavy (non-hydrogen) atoms. The first-order valence-corrected chi connectivity index (χ1v) is 26.9. The summed E-state index contributed by atoms with van der Waals surface area (Å²) in [5.74, 6) is -0.113. The second kappa shape index (κ2) is 33.0. The second-order valence-corrected chi connectivity index (χ2v) is 21.0. The van der Waals surface area contributed by atoms with Crippen LogP contribution in [0.1, 0.15) is 150 Å². The van der Waals surface area contributed by atoms with E-state index in [2.05, 4.69) is 17.6 Å². The van der Waals surface area contributed by atoms with Gasteiger partial charge in [-0.3, -0.25) is 9.59 Å². The zero-order valence-electron chi connectivity index (χ0n) is 48.1. The molecule has 0 aliphatic carbocycles. The van der Waals surface area contributed by atoms with E-state index in [1.807, 2.05) is 29.2 Å². The van der Waals surface area contributed by atoms with Gasteiger partial charge in [0.05, 0.1) is 6.04 Å². The molecule has 4 saturated heterocycles. The van der Waals surface area contributed by atoms with Crippen molar-refractivity contribution in [3.05, 3.63) is 129 Å². The number of hydrogen-bond donors (Lipinski definition) is 3. The Hall–Kier alpha value is -6.27. The lowest BCUT2D eigenvalue weighted by Crippen LogP contribution is -2.42. The van der Waals surface area contributed by atoms with Crippen LogP contribution in [-0.2, 0) is 41.4 Å². The first kappa shape index (κ1) is 67.2. The molecule has 0 aromatic heterocycles. The summed E-state index contributed by atoms with van der Waals surface area (Å²) in [6.45, 7) is 10.8. The molecule has 4 heterocycles. The normalized spacial score (nSPS) is 19.1. The Kier molecular flexibility index (Phi) is 27.4. The summed E-state index contributed by atoms with van der Waals surface area (Å²) in [4.78, 5) is 78.0. The Labute approximate surface area is 498 Å². The summed E-state index contributed by atoms with van der Waals surface area (Å²) in [5, 5.41) is 6.91. The highest BCUT2D eigenvalue weighted by Crippen LogP contribution is 2.43. The van der Waals surface area contributed by atoms with Crippen LogP contribution in [0.5, 0.6) is 11.5 Å². The number of nitrogens with one attached hydrogen (secondary N) is 2. The van der Waals surface area contributed by atoms with Crippen LogP contribution in [0.3, 0.4) is 0 Å². The number of rotatable bonds is 19. The van der Waals surface area contributed by atoms with Crippen molar-refractivity contribution in [1.29, 1.82) is 0 Å². The molecule has 0 saturated carbocycles. The second-order valence-electron chi connectivity index (χ2n) is 20.2. The van der Waals surface area contributed by atoms with Crippen molar-refractivity contribution in [3.8, 4) is 11.5 Å². The van der Waals surface area contributed by atoms with Crippen LogP contribution in [0.2, 0.25) is 10.0 Å². The highest BCUT2D eigenvalue weighted by molar-refractivity contribution is 6.31. The van der Waals surface area contributed by atoms with Gasteiger partial charge in [0.25, 0.3) is 11.8 Å². The number of esters is 2. The lowest BCUT2D eigenvalue weighted by atomic mass is 9.87. The van der Waals surface area contributed by atoms with E-state index in [-0.39, 0.29) is 69.3 Å². The minimum atomic E-state index is -1.30. The third-order valence-corrected chi connectivity index (χ3v) is 14.6. The molecular weight excluding hydrogens is 1100 g/mol. The van der Waals surface area contributed by atoms with E-state index < -0.39 is 48.9 Å². The number of nitrogens with zero attached hydrogens (tertiary/aromatic N) is 2. The number of carbonyl (C=O) groups is 6. The van der Waals surface area contributed by atoms with Gasteiger partial charge < -0.3 is 54.6 Å². The predicted molar refractivity (Wildman–Crippen MR) is 319 cm³/mol. The van der Waals surface area contributed by atoms with Gasteiger partial charge in [-0.2, -0.15) is 0 Å². The lowest BCUT2D eigenvalue weighted by molar-refractivity contribution is -0.169. The molecule has 6 atom stereocenters. The van der Waals surface area contributed by atoms with Crippen LogP contribution in [0.15, 0.2) is 97.1 Å². The lowest BCUT2D eigenvalue weighted by Gasteiger charge is -2.25. The monoisotopic (exact) mass is 1190 g/mol. The molecule has 4 aliphatic heterocycles. The van der Waals surface area contributed by atoms with Gasteiger partial charge in [-0.1, -0.05) is 96.9 Å². The van der Waals surface area contributed by atoms with Gasteiger partial charge >= 0.3 is 24.1 Å². The zero-order chi connectivity index (χ0) is 58.6. The van der Waals surface area contributed by atoms with Gasteiger partial charge in [-0.15, -0.1) is 12.4 Å². The Balaban J connectivity index is 0.000000509. The number of hydrogen-bond acceptors (Lipinski definition) is 13. The van der Waals surface area contributed by atoms with Crippen LogP contribution in [-0.4, -0.2) is 114 Å². The Morgan fingerprint density at radius 1 is 0.617 bits per heavy atom. The Morgan fingerprint density at radius 2 is 0.988 bits per heavy atom. The summed E-state index contributed by atoms with van der Waals surface area (Å²) in [6, 6.07) is 28.4. The van der Waals surface area contributed by atoms with Crippen LogP contribution < -0.4 is 25.8 Å². The third kappa shape index (κ3) is 19.4. The molecule has 4 unspecified atom stereocenters. The summed E-state index contributed by atoms with van der Waals surface area (Å²) in [5.41, 5.74) is 6.57. The van der Waals surface area contributed by atoms with E-state index in [0.29, 0.717) is 71.4 Å². The topological polar surface area (TPSA) is 214 Å². The number of benzene rings is 4. The first-order valence-electron chi connectivity index (χ1n) is 27.9. The van der Waals surface area contributed by atoms with Gasteiger partial charge in [0.1, 0.15) is 11.5 Å². The number of fused-ring (bicyclic) bond motifs is 4. The highest BCUT2D eigenvalue weighted by atomic mass is 35.5. The predicted octanol–water partition coefficient (Wildman–Crippen LogP) is 12.4. The van der Waals surface area contributed by atoms with Crippen LogP contribution in [0.25, 0.3) is 0 Å². The van der Waals surface area contributed by atoms with Crippen molar-refractivity contribution in [1.82, 2.24) is 20.4 Å². The molecule has 20 heteroatoms. The van der Waals surface area contributed by atoms with Gasteiger partial charge in [0, 0.05) is 61.2 Å². The minimum absolute atomic E-state index is 0. The standard InChI is InChI=1S/C29H35ClN2O6.C27H32ClN3O6.C2H6.3CH4.ClH/c1-4-20-17-23-11-14-25(20)32(23)28(35)37-18-36-27(34)29(2,3)38-24-12-5-19(6-13-24)15-16-31-26(33)21-7-9-22(30)10-8-21;1-27(2,25(33)35-16-36-26(34)31-20-9-12-23(31)22(29)15-20)37-21-10-3-17(4-11-21)13-14-30-24(32)18-5-7-19(28)8-6-18;1-2;;;;/h5-10,12-13,20,23,25H,4,11,14-18H2,1-3H3,(H,31,33);3-8,10-11,20,22-23H,9,12-16,29H2,1-2H3,(H,30,32);1-2H3;3*1H4;1H/t20-,23?,25?;20?,22-,23?;;;;;/m00...../s1/i;;1D;1T;;;. The number of ether oxygens (including phenoxy) is 6. The molecule has 4 N–H and O–H groups in total. The smallest absolute Gasteiger partial charge is 0.413 e. The largest absolute Gasteiger partial charge is 0.476 e. The highest BCUT2D eigenvalue weighted by Gasteiger charge is 2.49. The molecule has 4 amide bonds. The number of amides is 4. The fourth-order valence-electron chi connectivity index (χ4n) is 10.1. The SMILES string of the molecule is C.C.CC(C)(Oc1ccc(CCNC(=O)c2ccc(Cl)cc2)cc1)C(=O)OCOC(=O)N1C2CCC1[C@@H](N)C2.CC[C@H]1CC2CCC1N2C(=O)OCOC(=O)C(C)(C)Oc1ccc(CCNC(=O)c2ccc(Cl)cc2)cc1.Cl.[2H]CC.[3H]C. The quantitative estimate of drug-likeness (QED) is 0.0589. The number of nitrogens with two attached hydrogens (primary N) is 1. The molecule has 0 spiro atoms. The van der Waals surface area contributed by atoms with Crippen molar-refractivity contribution in [3.63, 3.8) is 0 Å². The number of carbonyl (C=O) groups excluding carboxylic acids is 6. The van der Waals surface area contributed by atoms with Crippen molar-refractivity contribution in [2.24, 2.45) is 11.7 Å². The van der Waals surface area contributed by atoms with Gasteiger partial charge in [0.2, 0.25) is 13.6 Å². The maximum absolute atomic E-state index is 12.6. The Bertz CT molecular complexity index is 2660. The van der Waals surface area contributed by atoms with Crippen molar-refractivity contribution in [2.75, 3.05) is 26.7 Å². The van der Waals surface area contributed by atoms with Gasteiger partial charge in [-0.05, 0) is 169 Å². The average Bonchev–Trinajstić information content (AvgIpc) is 4.33. The van der Waals surface area contributed by atoms with Crippen molar-refractivity contribution >= 4 is 71.5 Å². The molecule has 4 aliphatic rings. The van der Waals surface area contributed by atoms with E-state index in [9.17, 15) is 28.8 Å². The maximum Gasteiger partial charge on any atom is 0.413 e. The summed E-state index contributed by atoms with van der Waals surface area (Å²) < 4.78 is 44.4. The maximum atomic E-state index is 12.6. The van der Waals surface area contributed by atoms with Crippen LogP contribution in [0, 0.1) is 5.92 Å². The molecule has 17 nitrogen and oxygen atoms in total. The van der Waals surface area contributed by atoms with E-state index >= 15 is 0 Å². The van der Waals surface area contributed by atoms with E-state index in [0.717, 1.165) is 56.1 Å². The first-order chi connectivity index (χ1) is 38.2. The fourth-order valence-corrected chi connectivity index (χ4v) is 10.3.